The van der Waals surface area contributed by atoms with E-state index >= 15 is 0 Å². The van der Waals surface area contributed by atoms with Crippen LogP contribution in [0.25, 0.3) is 0 Å². The molecule has 3 aliphatic rings. The first kappa shape index (κ1) is 10.0. The minimum atomic E-state index is 0.307. The molecule has 0 aromatic heterocycles. The van der Waals surface area contributed by atoms with Crippen LogP contribution in [0.2, 0.25) is 0 Å². The van der Waals surface area contributed by atoms with Gasteiger partial charge in [0.1, 0.15) is 0 Å². The molecule has 0 heteroatoms. The van der Waals surface area contributed by atoms with Crippen LogP contribution in [0.15, 0.2) is 59.7 Å². The highest BCUT2D eigenvalue weighted by molar-refractivity contribution is 5.76. The van der Waals surface area contributed by atoms with E-state index in [-0.39, 0.29) is 0 Å². The summed E-state index contributed by atoms with van der Waals surface area (Å²) in [5.74, 6) is 1.28. The minimum Gasteiger partial charge on any atom is -0.0650 e. The first-order valence-electron chi connectivity index (χ1n) is 7.14. The van der Waals surface area contributed by atoms with Crippen LogP contribution in [0.3, 0.4) is 0 Å². The van der Waals surface area contributed by atoms with E-state index in [1.165, 1.54) is 0 Å². The summed E-state index contributed by atoms with van der Waals surface area (Å²) in [4.78, 5) is 0. The van der Waals surface area contributed by atoms with Crippen molar-refractivity contribution in [3.63, 3.8) is 0 Å². The third-order valence-corrected chi connectivity index (χ3v) is 5.83. The summed E-state index contributed by atoms with van der Waals surface area (Å²) in [6, 6.07) is 18.1. The van der Waals surface area contributed by atoms with E-state index in [4.69, 9.17) is 0 Å². The summed E-state index contributed by atoms with van der Waals surface area (Å²) in [5.41, 5.74) is 9.83. The zero-order valence-electron chi connectivity index (χ0n) is 11.3. The van der Waals surface area contributed by atoms with Crippen LogP contribution in [-0.2, 0) is 5.41 Å². The fourth-order valence-electron chi connectivity index (χ4n) is 5.12. The van der Waals surface area contributed by atoms with Gasteiger partial charge in [-0.25, -0.2) is 0 Å². The predicted molar refractivity (Wildman–Crippen MR) is 77.5 cm³/mol. The van der Waals surface area contributed by atoms with Gasteiger partial charge in [0.15, 0.2) is 0 Å². The SMILES string of the molecule is CC1=C(C)C2c3ccccc3C23c2ccccc2C13. The van der Waals surface area contributed by atoms with E-state index in [9.17, 15) is 0 Å². The van der Waals surface area contributed by atoms with Crippen molar-refractivity contribution < 1.29 is 0 Å². The first-order valence-corrected chi connectivity index (χ1v) is 7.14. The number of allylic oxidation sites excluding steroid dienone is 2. The second-order valence-corrected chi connectivity index (χ2v) is 6.28. The lowest BCUT2D eigenvalue weighted by Crippen LogP contribution is -2.52. The highest BCUT2D eigenvalue weighted by Crippen LogP contribution is 2.76. The number of hydrogen-bond acceptors (Lipinski definition) is 0. The van der Waals surface area contributed by atoms with E-state index in [0.29, 0.717) is 17.3 Å². The molecule has 3 aliphatic carbocycles. The molecule has 2 unspecified atom stereocenters. The molecule has 92 valence electrons. The van der Waals surface area contributed by atoms with Gasteiger partial charge in [0.05, 0.1) is 0 Å². The summed E-state index contributed by atoms with van der Waals surface area (Å²) < 4.78 is 0. The van der Waals surface area contributed by atoms with Crippen molar-refractivity contribution in [1.82, 2.24) is 0 Å². The maximum absolute atomic E-state index is 2.35. The van der Waals surface area contributed by atoms with Crippen molar-refractivity contribution in [3.8, 4) is 0 Å². The predicted octanol–water partition coefficient (Wildman–Crippen LogP) is 4.52. The van der Waals surface area contributed by atoms with Crippen molar-refractivity contribution >= 4 is 0 Å². The molecule has 2 aromatic rings. The summed E-state index contributed by atoms with van der Waals surface area (Å²) in [5, 5.41) is 0. The van der Waals surface area contributed by atoms with Crippen LogP contribution in [-0.4, -0.2) is 0 Å². The zero-order chi connectivity index (χ0) is 12.8. The molecule has 0 fully saturated rings. The van der Waals surface area contributed by atoms with E-state index in [2.05, 4.69) is 62.4 Å². The van der Waals surface area contributed by atoms with Crippen molar-refractivity contribution in [2.45, 2.75) is 31.1 Å². The Morgan fingerprint density at radius 2 is 1.11 bits per heavy atom. The summed E-state index contributed by atoms with van der Waals surface area (Å²) >= 11 is 0. The van der Waals surface area contributed by atoms with Crippen molar-refractivity contribution in [3.05, 3.63) is 81.9 Å². The fourth-order valence-corrected chi connectivity index (χ4v) is 5.12. The maximum Gasteiger partial charge on any atom is 0.0420 e. The van der Waals surface area contributed by atoms with E-state index in [0.717, 1.165) is 0 Å². The average molecular weight is 244 g/mol. The molecular weight excluding hydrogens is 228 g/mol. The Bertz CT molecular complexity index is 698. The second-order valence-electron chi connectivity index (χ2n) is 6.28. The summed E-state index contributed by atoms with van der Waals surface area (Å²) in [6.45, 7) is 4.69. The van der Waals surface area contributed by atoms with Crippen LogP contribution < -0.4 is 0 Å². The molecular formula is C19H16. The third-order valence-electron chi connectivity index (χ3n) is 5.83. The summed E-state index contributed by atoms with van der Waals surface area (Å²) in [7, 11) is 0. The Morgan fingerprint density at radius 3 is 1.58 bits per heavy atom. The molecule has 0 radical (unpaired) electrons. The van der Waals surface area contributed by atoms with Crippen LogP contribution in [0, 0.1) is 0 Å². The molecule has 1 spiro atoms. The van der Waals surface area contributed by atoms with Crippen LogP contribution >= 0.6 is 0 Å². The maximum atomic E-state index is 2.35. The molecule has 0 aliphatic heterocycles. The highest BCUT2D eigenvalue weighted by Gasteiger charge is 2.68. The van der Waals surface area contributed by atoms with Crippen molar-refractivity contribution in [1.29, 1.82) is 0 Å². The smallest absolute Gasteiger partial charge is 0.0420 e. The van der Waals surface area contributed by atoms with Crippen LogP contribution in [0.5, 0.6) is 0 Å². The topological polar surface area (TPSA) is 0 Å². The van der Waals surface area contributed by atoms with Gasteiger partial charge < -0.3 is 0 Å². The third kappa shape index (κ3) is 0.790. The number of benzene rings is 2. The second kappa shape index (κ2) is 2.85. The van der Waals surface area contributed by atoms with Crippen molar-refractivity contribution in [2.75, 3.05) is 0 Å². The van der Waals surface area contributed by atoms with Gasteiger partial charge in [-0.1, -0.05) is 59.7 Å². The highest BCUT2D eigenvalue weighted by atomic mass is 14.7. The number of hydrogen-bond donors (Lipinski definition) is 0. The van der Waals surface area contributed by atoms with Crippen LogP contribution in [0.4, 0.5) is 0 Å². The van der Waals surface area contributed by atoms with E-state index < -0.39 is 0 Å². The largest absolute Gasteiger partial charge is 0.0650 e. The fraction of sp³-hybridized carbons (Fsp3) is 0.263. The van der Waals surface area contributed by atoms with Gasteiger partial charge in [0.25, 0.3) is 0 Å². The van der Waals surface area contributed by atoms with Gasteiger partial charge in [-0.3, -0.25) is 0 Å². The number of rotatable bonds is 0. The molecule has 0 saturated heterocycles. The Kier molecular flexibility index (Phi) is 1.50. The Balaban J connectivity index is 1.89. The first-order chi connectivity index (χ1) is 9.28. The normalized spacial score (nSPS) is 32.7. The molecule has 0 heterocycles. The molecule has 5 rings (SSSR count). The molecule has 0 nitrogen and oxygen atoms in total. The zero-order valence-corrected chi connectivity index (χ0v) is 11.3. The van der Waals surface area contributed by atoms with Gasteiger partial charge in [0, 0.05) is 17.3 Å². The standard InChI is InChI=1S/C19H16/c1-11-12(2)18-14-8-4-6-10-16(14)19(18)15-9-5-3-7-13(15)17(11)19/h3-10,17-18H,1-2H3. The molecule has 0 bridgehead atoms. The lowest BCUT2D eigenvalue weighted by molar-refractivity contribution is 0.324. The van der Waals surface area contributed by atoms with Crippen molar-refractivity contribution in [2.24, 2.45) is 0 Å². The molecule has 2 atom stereocenters. The van der Waals surface area contributed by atoms with Gasteiger partial charge in [-0.15, -0.1) is 0 Å². The van der Waals surface area contributed by atoms with E-state index in [1.54, 1.807) is 33.4 Å². The van der Waals surface area contributed by atoms with Gasteiger partial charge >= 0.3 is 0 Å². The van der Waals surface area contributed by atoms with Gasteiger partial charge in [-0.2, -0.15) is 0 Å². The van der Waals surface area contributed by atoms with Gasteiger partial charge in [-0.05, 0) is 36.1 Å². The molecule has 0 amide bonds. The molecule has 2 aromatic carbocycles. The number of fused-ring (bicyclic) bond motifs is 4. The van der Waals surface area contributed by atoms with E-state index in [1.807, 2.05) is 0 Å². The molecule has 0 N–H and O–H groups in total. The lowest BCUT2D eigenvalue weighted by atomic mass is 9.42. The lowest BCUT2D eigenvalue weighted by Gasteiger charge is -2.59. The average Bonchev–Trinajstić information content (AvgIpc) is 2.56. The Morgan fingerprint density at radius 1 is 0.684 bits per heavy atom. The van der Waals surface area contributed by atoms with Crippen LogP contribution in [0.1, 0.15) is 47.9 Å². The summed E-state index contributed by atoms with van der Waals surface area (Å²) in [6.07, 6.45) is 0. The van der Waals surface area contributed by atoms with Gasteiger partial charge in [0.2, 0.25) is 0 Å². The quantitative estimate of drug-likeness (QED) is 0.598. The Labute approximate surface area is 113 Å². The minimum absolute atomic E-state index is 0.307. The molecule has 0 saturated carbocycles. The Hall–Kier alpha value is -1.82. The molecule has 19 heavy (non-hydrogen) atoms. The monoisotopic (exact) mass is 244 g/mol.